The first-order valence-corrected chi connectivity index (χ1v) is 9.20. The predicted octanol–water partition coefficient (Wildman–Crippen LogP) is 2.05. The van der Waals surface area contributed by atoms with Crippen LogP contribution in [0.2, 0.25) is 0 Å². The van der Waals surface area contributed by atoms with E-state index in [1.54, 1.807) is 31.3 Å². The Balaban J connectivity index is 1.88. The molecule has 154 valence electrons. The van der Waals surface area contributed by atoms with Crippen LogP contribution < -0.4 is 16.0 Å². The van der Waals surface area contributed by atoms with E-state index < -0.39 is 29.7 Å². The van der Waals surface area contributed by atoms with E-state index in [-0.39, 0.29) is 24.8 Å². The highest BCUT2D eigenvalue weighted by atomic mass is 19.1. The average Bonchev–Trinajstić information content (AvgIpc) is 3.20. The number of furan rings is 1. The third-order valence-electron chi connectivity index (χ3n) is 4.61. The summed E-state index contributed by atoms with van der Waals surface area (Å²) in [5.74, 6) is -1.52. The second kappa shape index (κ2) is 8.87. The topological polar surface area (TPSA) is 97.2 Å². The number of hydrogen-bond donors (Lipinski definition) is 3. The van der Waals surface area contributed by atoms with Gasteiger partial charge in [0.15, 0.2) is 0 Å². The Morgan fingerprint density at radius 3 is 2.79 bits per heavy atom. The van der Waals surface area contributed by atoms with E-state index in [1.807, 2.05) is 0 Å². The maximum atomic E-state index is 14.0. The van der Waals surface area contributed by atoms with Gasteiger partial charge in [0.05, 0.1) is 24.1 Å². The first-order chi connectivity index (χ1) is 13.9. The van der Waals surface area contributed by atoms with Crippen molar-refractivity contribution in [3.05, 3.63) is 70.8 Å². The zero-order valence-corrected chi connectivity index (χ0v) is 16.0. The molecule has 1 aromatic carbocycles. The van der Waals surface area contributed by atoms with E-state index in [1.165, 1.54) is 18.4 Å². The molecule has 0 fully saturated rings. The number of hydrogen-bond acceptors (Lipinski definition) is 4. The van der Waals surface area contributed by atoms with Crippen molar-refractivity contribution in [2.45, 2.75) is 25.9 Å². The van der Waals surface area contributed by atoms with Gasteiger partial charge in [-0.3, -0.25) is 0 Å². The molecule has 1 aliphatic heterocycles. The zero-order chi connectivity index (χ0) is 21.0. The summed E-state index contributed by atoms with van der Waals surface area (Å²) >= 11 is 0. The Hall–Kier alpha value is -3.20. The van der Waals surface area contributed by atoms with Gasteiger partial charge in [-0.05, 0) is 38.1 Å². The summed E-state index contributed by atoms with van der Waals surface area (Å²) in [5.41, 5.74) is 0.861. The number of esters is 1. The van der Waals surface area contributed by atoms with Crippen molar-refractivity contribution in [3.63, 3.8) is 0 Å². The number of benzene rings is 1. The van der Waals surface area contributed by atoms with Crippen LogP contribution in [-0.2, 0) is 9.53 Å². The van der Waals surface area contributed by atoms with E-state index in [2.05, 4.69) is 10.6 Å². The fourth-order valence-electron chi connectivity index (χ4n) is 3.19. The molecule has 3 rings (SSSR count). The van der Waals surface area contributed by atoms with E-state index in [0.717, 1.165) is 6.07 Å². The van der Waals surface area contributed by atoms with Crippen LogP contribution in [0.1, 0.15) is 37.3 Å². The molecule has 1 aromatic heterocycles. The molecular weight excluding hydrogens is 384 g/mol. The quantitative estimate of drug-likeness (QED) is 0.613. The Bertz CT molecular complexity index is 928. The first-order valence-electron chi connectivity index (χ1n) is 9.20. The molecule has 2 aromatic rings. The summed E-state index contributed by atoms with van der Waals surface area (Å²) in [5, 5.41) is 7.02. The minimum Gasteiger partial charge on any atom is -0.467 e. The van der Waals surface area contributed by atoms with Crippen LogP contribution in [0.3, 0.4) is 0 Å². The second-order valence-electron chi connectivity index (χ2n) is 6.55. The van der Waals surface area contributed by atoms with Crippen LogP contribution in [0.25, 0.3) is 0 Å². The summed E-state index contributed by atoms with van der Waals surface area (Å²) in [6, 6.07) is 4.99. The van der Waals surface area contributed by atoms with Crippen molar-refractivity contribution in [1.29, 1.82) is 0 Å². The zero-order valence-electron chi connectivity index (χ0n) is 16.0. The summed E-state index contributed by atoms with van der Waals surface area (Å²) in [4.78, 5) is 24.7. The van der Waals surface area contributed by atoms with Crippen molar-refractivity contribution in [2.75, 3.05) is 13.2 Å². The molecule has 7 nitrogen and oxygen atoms in total. The van der Waals surface area contributed by atoms with Gasteiger partial charge in [-0.2, -0.15) is 0 Å². The Morgan fingerprint density at radius 2 is 2.14 bits per heavy atom. The van der Waals surface area contributed by atoms with Gasteiger partial charge in [0.2, 0.25) is 0 Å². The monoisotopic (exact) mass is 406 g/mol. The maximum absolute atomic E-state index is 14.0. The molecule has 0 unspecified atom stereocenters. The molecule has 2 amide bonds. The van der Waals surface area contributed by atoms with E-state index in [4.69, 9.17) is 9.15 Å². The van der Waals surface area contributed by atoms with Crippen molar-refractivity contribution in [3.8, 4) is 0 Å². The van der Waals surface area contributed by atoms with Crippen LogP contribution in [0.15, 0.2) is 52.3 Å². The molecule has 0 saturated heterocycles. The normalized spacial score (nSPS) is 17.5. The number of amides is 2. The van der Waals surface area contributed by atoms with Gasteiger partial charge < -0.3 is 25.1 Å². The van der Waals surface area contributed by atoms with Crippen LogP contribution in [0, 0.1) is 11.6 Å². The highest BCUT2D eigenvalue weighted by Crippen LogP contribution is 2.27. The van der Waals surface area contributed by atoms with Crippen LogP contribution >= 0.6 is 0 Å². The number of carbonyl (C=O) groups is 2. The lowest BCUT2D eigenvalue weighted by atomic mass is 9.99. The highest BCUT2D eigenvalue weighted by molar-refractivity contribution is 5.95. The summed E-state index contributed by atoms with van der Waals surface area (Å²) in [6.07, 6.45) is 1.44. The standard InChI is InChI=1S/C20H21F2N3O4/c1-3-28-19(26)17-15(24-20(27)25-18(17)16-5-4-8-29-16)10-23-11(2)13-7-6-12(21)9-14(13)22/h4-9,11,18,23H,3,10H2,1-2H3,(H2,24,25,27)/p+1/t11-,18+/m0/s1. The average molecular weight is 406 g/mol. The van der Waals surface area contributed by atoms with E-state index >= 15 is 0 Å². The van der Waals surface area contributed by atoms with Gasteiger partial charge in [-0.1, -0.05) is 0 Å². The number of rotatable bonds is 7. The minimum absolute atomic E-state index is 0.162. The van der Waals surface area contributed by atoms with Gasteiger partial charge in [-0.25, -0.2) is 18.4 Å². The van der Waals surface area contributed by atoms with E-state index in [9.17, 15) is 18.4 Å². The number of nitrogens with two attached hydrogens (primary N) is 1. The Kier molecular flexibility index (Phi) is 6.28. The molecular formula is C20H22F2N3O4+. The summed E-state index contributed by atoms with van der Waals surface area (Å²) in [6.45, 7) is 3.75. The number of ether oxygens (including phenoxy) is 1. The second-order valence-corrected chi connectivity index (χ2v) is 6.55. The summed E-state index contributed by atoms with van der Waals surface area (Å²) < 4.78 is 37.7. The smallest absolute Gasteiger partial charge is 0.338 e. The SMILES string of the molecule is CCOC(=O)C1=C(C[NH2+][C@@H](C)c2ccc(F)cc2F)NC(=O)N[C@@H]1c1ccco1. The largest absolute Gasteiger partial charge is 0.467 e. The maximum Gasteiger partial charge on any atom is 0.338 e. The molecule has 0 radical (unpaired) electrons. The highest BCUT2D eigenvalue weighted by Gasteiger charge is 2.36. The molecule has 1 aliphatic rings. The van der Waals surface area contributed by atoms with Gasteiger partial charge >= 0.3 is 12.0 Å². The van der Waals surface area contributed by atoms with E-state index in [0.29, 0.717) is 17.0 Å². The van der Waals surface area contributed by atoms with Gasteiger partial charge in [-0.15, -0.1) is 0 Å². The van der Waals surface area contributed by atoms with Crippen LogP contribution in [0.4, 0.5) is 13.6 Å². The molecule has 2 atom stereocenters. The lowest BCUT2D eigenvalue weighted by Gasteiger charge is -2.27. The predicted molar refractivity (Wildman–Crippen MR) is 98.3 cm³/mol. The molecule has 0 bridgehead atoms. The molecule has 9 heteroatoms. The molecule has 29 heavy (non-hydrogen) atoms. The fraction of sp³-hybridized carbons (Fsp3) is 0.300. The third-order valence-corrected chi connectivity index (χ3v) is 4.61. The Labute approximate surface area is 166 Å². The van der Waals surface area contributed by atoms with Crippen molar-refractivity contribution < 1.29 is 32.8 Å². The number of urea groups is 1. The molecule has 0 aliphatic carbocycles. The first kappa shape index (κ1) is 20.5. The summed E-state index contributed by atoms with van der Waals surface area (Å²) in [7, 11) is 0. The number of quaternary nitrogens is 1. The molecule has 0 spiro atoms. The van der Waals surface area contributed by atoms with Crippen molar-refractivity contribution in [2.24, 2.45) is 0 Å². The minimum atomic E-state index is -0.806. The number of carbonyl (C=O) groups excluding carboxylic acids is 2. The third kappa shape index (κ3) is 4.62. The van der Waals surface area contributed by atoms with Crippen molar-refractivity contribution in [1.82, 2.24) is 10.6 Å². The Morgan fingerprint density at radius 1 is 1.34 bits per heavy atom. The van der Waals surface area contributed by atoms with Gasteiger partial charge in [0, 0.05) is 11.6 Å². The number of nitrogens with one attached hydrogen (secondary N) is 2. The van der Waals surface area contributed by atoms with Gasteiger partial charge in [0.25, 0.3) is 0 Å². The lowest BCUT2D eigenvalue weighted by Crippen LogP contribution is -2.86. The van der Waals surface area contributed by atoms with Crippen LogP contribution in [0.5, 0.6) is 0 Å². The number of halogens is 2. The van der Waals surface area contributed by atoms with Crippen LogP contribution in [-0.4, -0.2) is 25.2 Å². The van der Waals surface area contributed by atoms with Crippen molar-refractivity contribution >= 4 is 12.0 Å². The molecule has 0 saturated carbocycles. The molecule has 2 heterocycles. The lowest BCUT2D eigenvalue weighted by molar-refractivity contribution is -0.686. The van der Waals surface area contributed by atoms with Gasteiger partial charge in [0.1, 0.15) is 36.0 Å². The molecule has 4 N–H and O–H groups in total. The fourth-order valence-corrected chi connectivity index (χ4v) is 3.19.